The van der Waals surface area contributed by atoms with E-state index in [1.807, 2.05) is 6.07 Å². The Morgan fingerprint density at radius 1 is 0.931 bits per heavy atom. The first kappa shape index (κ1) is 18.7. The van der Waals surface area contributed by atoms with Crippen molar-refractivity contribution in [3.63, 3.8) is 0 Å². The molecule has 3 aromatic carbocycles. The molecule has 6 heteroatoms. The summed E-state index contributed by atoms with van der Waals surface area (Å²) in [4.78, 5) is 28.9. The molecule has 1 aliphatic heterocycles. The van der Waals surface area contributed by atoms with Crippen molar-refractivity contribution in [2.75, 3.05) is 0 Å². The van der Waals surface area contributed by atoms with Crippen LogP contribution >= 0.6 is 11.6 Å². The number of halogens is 1. The molecule has 0 fully saturated rings. The summed E-state index contributed by atoms with van der Waals surface area (Å²) in [5, 5.41) is 0.573. The normalized spacial score (nSPS) is 14.4. The number of carbonyl (C=O) groups excluding carboxylic acids is 2. The minimum atomic E-state index is -0.584. The van der Waals surface area contributed by atoms with Gasteiger partial charge in [-0.1, -0.05) is 48.0 Å². The lowest BCUT2D eigenvalue weighted by Gasteiger charge is -2.07. The number of hydrogen-bond donors (Lipinski definition) is 0. The SMILES string of the molecule is O=C1OC(c2ccc(Cl)cc2)=NC1=Cc1ccccc1OC(=O)c1ccccc1. The lowest BCUT2D eigenvalue weighted by atomic mass is 10.1. The van der Waals surface area contributed by atoms with Crippen molar-refractivity contribution in [3.8, 4) is 5.75 Å². The van der Waals surface area contributed by atoms with Crippen LogP contribution in [-0.4, -0.2) is 17.8 Å². The van der Waals surface area contributed by atoms with Gasteiger partial charge in [0, 0.05) is 16.1 Å². The van der Waals surface area contributed by atoms with Crippen LogP contribution in [0.1, 0.15) is 21.5 Å². The molecule has 0 amide bonds. The molecule has 0 atom stereocenters. The van der Waals surface area contributed by atoms with Crippen LogP contribution in [0, 0.1) is 0 Å². The molecule has 0 radical (unpaired) electrons. The van der Waals surface area contributed by atoms with Gasteiger partial charge in [-0.2, -0.15) is 0 Å². The molecule has 0 saturated carbocycles. The largest absolute Gasteiger partial charge is 0.422 e. The maximum Gasteiger partial charge on any atom is 0.363 e. The van der Waals surface area contributed by atoms with Crippen LogP contribution in [0.25, 0.3) is 6.08 Å². The number of cyclic esters (lactones) is 1. The highest BCUT2D eigenvalue weighted by Crippen LogP contribution is 2.25. The summed E-state index contributed by atoms with van der Waals surface area (Å²) in [6.07, 6.45) is 1.53. The highest BCUT2D eigenvalue weighted by molar-refractivity contribution is 6.30. The first-order valence-electron chi connectivity index (χ1n) is 8.75. The van der Waals surface area contributed by atoms with Gasteiger partial charge in [0.25, 0.3) is 0 Å². The molecule has 4 rings (SSSR count). The first-order chi connectivity index (χ1) is 14.1. The smallest absolute Gasteiger partial charge is 0.363 e. The Balaban J connectivity index is 1.62. The van der Waals surface area contributed by atoms with E-state index in [1.54, 1.807) is 72.8 Å². The van der Waals surface area contributed by atoms with Crippen molar-refractivity contribution in [3.05, 3.63) is 106 Å². The second-order valence-corrected chi connectivity index (χ2v) is 6.57. The second kappa shape index (κ2) is 8.12. The molecule has 0 N–H and O–H groups in total. The number of benzene rings is 3. The van der Waals surface area contributed by atoms with Gasteiger partial charge in [0.05, 0.1) is 5.56 Å². The Hall–Kier alpha value is -3.70. The summed E-state index contributed by atoms with van der Waals surface area (Å²) < 4.78 is 10.8. The molecule has 3 aromatic rings. The van der Waals surface area contributed by atoms with Crippen LogP contribution in [0.2, 0.25) is 5.02 Å². The molecule has 1 aliphatic rings. The lowest BCUT2D eigenvalue weighted by molar-refractivity contribution is -0.129. The van der Waals surface area contributed by atoms with Crippen molar-refractivity contribution in [1.82, 2.24) is 0 Å². The van der Waals surface area contributed by atoms with Gasteiger partial charge in [-0.3, -0.25) is 0 Å². The lowest BCUT2D eigenvalue weighted by Crippen LogP contribution is -2.09. The summed E-state index contributed by atoms with van der Waals surface area (Å²) in [6.45, 7) is 0. The molecular formula is C23H14ClNO4. The molecule has 1 heterocycles. The minimum Gasteiger partial charge on any atom is -0.422 e. The summed E-state index contributed by atoms with van der Waals surface area (Å²) in [6, 6.07) is 22.4. The standard InChI is InChI=1S/C23H14ClNO4/c24-18-12-10-15(11-13-18)21-25-19(23(27)29-21)14-17-8-4-5-9-20(17)28-22(26)16-6-2-1-3-7-16/h1-14H. The average molecular weight is 404 g/mol. The molecule has 29 heavy (non-hydrogen) atoms. The van der Waals surface area contributed by atoms with Gasteiger partial charge in [0.15, 0.2) is 5.70 Å². The van der Waals surface area contributed by atoms with Crippen LogP contribution in [0.4, 0.5) is 0 Å². The van der Waals surface area contributed by atoms with Gasteiger partial charge in [-0.15, -0.1) is 0 Å². The van der Waals surface area contributed by atoms with Gasteiger partial charge < -0.3 is 9.47 Å². The van der Waals surface area contributed by atoms with E-state index in [-0.39, 0.29) is 11.6 Å². The van der Waals surface area contributed by atoms with Gasteiger partial charge in [0.1, 0.15) is 5.75 Å². The molecule has 0 spiro atoms. The predicted molar refractivity (Wildman–Crippen MR) is 110 cm³/mol. The fourth-order valence-corrected chi connectivity index (χ4v) is 2.82. The Bertz CT molecular complexity index is 1140. The molecule has 0 bridgehead atoms. The van der Waals surface area contributed by atoms with E-state index in [1.165, 1.54) is 6.08 Å². The third-order valence-corrected chi connectivity index (χ3v) is 4.39. The molecule has 5 nitrogen and oxygen atoms in total. The highest BCUT2D eigenvalue weighted by Gasteiger charge is 2.24. The maximum absolute atomic E-state index is 12.4. The van der Waals surface area contributed by atoms with Gasteiger partial charge >= 0.3 is 11.9 Å². The number of para-hydroxylation sites is 1. The number of nitrogens with zero attached hydrogens (tertiary/aromatic N) is 1. The van der Waals surface area contributed by atoms with E-state index in [0.717, 1.165) is 0 Å². The third kappa shape index (κ3) is 4.25. The molecule has 142 valence electrons. The zero-order valence-electron chi connectivity index (χ0n) is 15.0. The van der Waals surface area contributed by atoms with Crippen LogP contribution in [0.5, 0.6) is 5.75 Å². The zero-order valence-corrected chi connectivity index (χ0v) is 15.8. The summed E-state index contributed by atoms with van der Waals surface area (Å²) in [5.41, 5.74) is 1.70. The summed E-state index contributed by atoms with van der Waals surface area (Å²) >= 11 is 5.89. The van der Waals surface area contributed by atoms with Crippen molar-refractivity contribution >= 4 is 35.5 Å². The van der Waals surface area contributed by atoms with Crippen LogP contribution in [-0.2, 0) is 9.53 Å². The topological polar surface area (TPSA) is 65.0 Å². The summed E-state index contributed by atoms with van der Waals surface area (Å²) in [7, 11) is 0. The van der Waals surface area contributed by atoms with Crippen molar-refractivity contribution in [1.29, 1.82) is 0 Å². The Morgan fingerprint density at radius 2 is 1.62 bits per heavy atom. The fourth-order valence-electron chi connectivity index (χ4n) is 2.70. The van der Waals surface area contributed by atoms with Gasteiger partial charge in [0.2, 0.25) is 5.90 Å². The van der Waals surface area contributed by atoms with Gasteiger partial charge in [-0.05, 0) is 48.5 Å². The number of hydrogen-bond acceptors (Lipinski definition) is 5. The molecule has 0 unspecified atom stereocenters. The van der Waals surface area contributed by atoms with E-state index in [9.17, 15) is 9.59 Å². The number of rotatable bonds is 4. The number of aliphatic imine (C=N–C) groups is 1. The van der Waals surface area contributed by atoms with Crippen molar-refractivity contribution in [2.45, 2.75) is 0 Å². The van der Waals surface area contributed by atoms with E-state index < -0.39 is 11.9 Å². The number of ether oxygens (including phenoxy) is 2. The Kier molecular flexibility index (Phi) is 5.22. The van der Waals surface area contributed by atoms with Gasteiger partial charge in [-0.25, -0.2) is 14.6 Å². The minimum absolute atomic E-state index is 0.109. The molecule has 0 aliphatic carbocycles. The van der Waals surface area contributed by atoms with Crippen LogP contribution in [0.15, 0.2) is 89.6 Å². The Labute approximate surface area is 171 Å². The quantitative estimate of drug-likeness (QED) is 0.353. The average Bonchev–Trinajstić information content (AvgIpc) is 3.11. The third-order valence-electron chi connectivity index (χ3n) is 4.14. The Morgan fingerprint density at radius 3 is 2.38 bits per heavy atom. The first-order valence-corrected chi connectivity index (χ1v) is 9.13. The molecular weight excluding hydrogens is 390 g/mol. The van der Waals surface area contributed by atoms with E-state index in [2.05, 4.69) is 4.99 Å². The van der Waals surface area contributed by atoms with Crippen LogP contribution in [0.3, 0.4) is 0 Å². The predicted octanol–water partition coefficient (Wildman–Crippen LogP) is 4.90. The van der Waals surface area contributed by atoms with E-state index in [0.29, 0.717) is 27.5 Å². The van der Waals surface area contributed by atoms with E-state index in [4.69, 9.17) is 21.1 Å². The highest BCUT2D eigenvalue weighted by atomic mass is 35.5. The zero-order chi connectivity index (χ0) is 20.2. The maximum atomic E-state index is 12.4. The summed E-state index contributed by atoms with van der Waals surface area (Å²) in [5.74, 6) is -0.566. The van der Waals surface area contributed by atoms with E-state index >= 15 is 0 Å². The monoisotopic (exact) mass is 403 g/mol. The fraction of sp³-hybridized carbons (Fsp3) is 0. The second-order valence-electron chi connectivity index (χ2n) is 6.14. The van der Waals surface area contributed by atoms with Crippen molar-refractivity contribution in [2.24, 2.45) is 4.99 Å². The number of carbonyl (C=O) groups is 2. The molecule has 0 aromatic heterocycles. The van der Waals surface area contributed by atoms with Crippen LogP contribution < -0.4 is 4.74 Å². The van der Waals surface area contributed by atoms with Crippen molar-refractivity contribution < 1.29 is 19.1 Å². The number of esters is 2. The molecule has 0 saturated heterocycles.